The van der Waals surface area contributed by atoms with Crippen molar-refractivity contribution in [1.82, 2.24) is 9.97 Å². The number of halogens is 1. The van der Waals surface area contributed by atoms with Gasteiger partial charge in [-0.2, -0.15) is 0 Å². The molecule has 2 heterocycles. The molecule has 6 nitrogen and oxygen atoms in total. The van der Waals surface area contributed by atoms with Gasteiger partial charge in [0.25, 0.3) is 0 Å². The van der Waals surface area contributed by atoms with Gasteiger partial charge in [0.15, 0.2) is 5.69 Å². The summed E-state index contributed by atoms with van der Waals surface area (Å²) in [6.07, 6.45) is 2.16. The Labute approximate surface area is 191 Å². The zero-order valence-electron chi connectivity index (χ0n) is 18.3. The van der Waals surface area contributed by atoms with Gasteiger partial charge in [-0.1, -0.05) is 36.7 Å². The number of hydrogen-bond donors (Lipinski definition) is 1. The third kappa shape index (κ3) is 4.29. The molecule has 166 valence electrons. The van der Waals surface area contributed by atoms with E-state index in [1.807, 2.05) is 56.3 Å². The maximum atomic E-state index is 12.7. The number of aromatic nitrogens is 2. The van der Waals surface area contributed by atoms with Crippen LogP contribution < -0.4 is 4.74 Å². The van der Waals surface area contributed by atoms with Crippen LogP contribution in [0.1, 0.15) is 48.0 Å². The Hall–Kier alpha value is -3.09. The molecule has 0 saturated heterocycles. The van der Waals surface area contributed by atoms with Gasteiger partial charge in [0.05, 0.1) is 30.4 Å². The molecule has 0 radical (unpaired) electrons. The Morgan fingerprint density at radius 1 is 1.16 bits per heavy atom. The Morgan fingerprint density at radius 3 is 2.72 bits per heavy atom. The lowest BCUT2D eigenvalue weighted by Crippen LogP contribution is -2.12. The minimum atomic E-state index is -0.458. The molecular weight excluding hydrogens is 428 g/mol. The molecular formula is C25H25ClN2O4. The van der Waals surface area contributed by atoms with E-state index in [-0.39, 0.29) is 18.4 Å². The molecule has 7 heteroatoms. The number of hydrogen-bond acceptors (Lipinski definition) is 5. The third-order valence-electron chi connectivity index (χ3n) is 5.27. The number of methoxy groups -OCH3 is 1. The first kappa shape index (κ1) is 22.1. The number of ether oxygens (including phenoxy) is 3. The molecule has 32 heavy (non-hydrogen) atoms. The minimum absolute atomic E-state index is 0.214. The molecule has 1 unspecified atom stereocenters. The second-order valence-electron chi connectivity index (χ2n) is 7.56. The number of H-pyrrole nitrogens is 1. The zero-order chi connectivity index (χ0) is 22.7. The molecule has 0 spiro atoms. The summed E-state index contributed by atoms with van der Waals surface area (Å²) in [6.45, 7) is 4.48. The van der Waals surface area contributed by atoms with Crippen molar-refractivity contribution in [2.45, 2.75) is 33.0 Å². The van der Waals surface area contributed by atoms with Crippen LogP contribution in [0, 0.1) is 0 Å². The van der Waals surface area contributed by atoms with Crippen LogP contribution in [0.15, 0.2) is 48.7 Å². The summed E-state index contributed by atoms with van der Waals surface area (Å²) in [5.74, 6) is 0.235. The molecule has 0 aliphatic carbocycles. The van der Waals surface area contributed by atoms with Crippen LogP contribution in [0.25, 0.3) is 21.8 Å². The molecule has 0 amide bonds. The number of carbonyl (C=O) groups excluding carboxylic acids is 1. The van der Waals surface area contributed by atoms with Gasteiger partial charge in [0.2, 0.25) is 0 Å². The van der Waals surface area contributed by atoms with E-state index in [1.54, 1.807) is 13.3 Å². The third-order valence-corrected chi connectivity index (χ3v) is 5.50. The normalized spacial score (nSPS) is 12.2. The molecule has 2 aromatic carbocycles. The van der Waals surface area contributed by atoms with Crippen LogP contribution >= 0.6 is 11.6 Å². The summed E-state index contributed by atoms with van der Waals surface area (Å²) < 4.78 is 17.2. The van der Waals surface area contributed by atoms with Crippen molar-refractivity contribution in [1.29, 1.82) is 0 Å². The fourth-order valence-electron chi connectivity index (χ4n) is 3.81. The molecule has 0 aliphatic heterocycles. The van der Waals surface area contributed by atoms with Crippen molar-refractivity contribution in [3.8, 4) is 5.75 Å². The SMILES string of the molecule is CCCOC(=O)c1ncc2[nH]c3cccc(OC(C)c4cccc(Cl)c4)c3c2c1COC. The topological polar surface area (TPSA) is 73.4 Å². The molecule has 2 aromatic heterocycles. The first-order valence-corrected chi connectivity index (χ1v) is 10.9. The van der Waals surface area contributed by atoms with E-state index in [2.05, 4.69) is 9.97 Å². The van der Waals surface area contributed by atoms with E-state index in [1.165, 1.54) is 0 Å². The molecule has 1 N–H and O–H groups in total. The van der Waals surface area contributed by atoms with Crippen LogP contribution in [0.3, 0.4) is 0 Å². The maximum Gasteiger partial charge on any atom is 0.357 e. The van der Waals surface area contributed by atoms with Crippen LogP contribution in [-0.2, 0) is 16.1 Å². The van der Waals surface area contributed by atoms with Gasteiger partial charge in [-0.05, 0) is 43.2 Å². The number of rotatable bonds is 8. The largest absolute Gasteiger partial charge is 0.485 e. The number of esters is 1. The van der Waals surface area contributed by atoms with Crippen molar-refractivity contribution in [3.05, 3.63) is 70.5 Å². The van der Waals surface area contributed by atoms with Crippen LogP contribution in [0.2, 0.25) is 5.02 Å². The van der Waals surface area contributed by atoms with Gasteiger partial charge in [0, 0.05) is 28.5 Å². The lowest BCUT2D eigenvalue weighted by atomic mass is 10.0. The number of benzene rings is 2. The molecule has 4 rings (SSSR count). The standard InChI is InChI=1S/C25H25ClN2O4/c1-4-11-31-25(29)24-18(14-30-3)22-20(13-27-24)28-19-9-6-10-21(23(19)22)32-15(2)16-7-5-8-17(26)12-16/h5-10,12-13,15,28H,4,11,14H2,1-3H3. The predicted molar refractivity (Wildman–Crippen MR) is 125 cm³/mol. The van der Waals surface area contributed by atoms with E-state index >= 15 is 0 Å². The molecule has 1 atom stereocenters. The van der Waals surface area contributed by atoms with Crippen LogP contribution in [-0.4, -0.2) is 29.7 Å². The predicted octanol–water partition coefficient (Wildman–Crippen LogP) is 6.22. The smallest absolute Gasteiger partial charge is 0.357 e. The Balaban J connectivity index is 1.86. The lowest BCUT2D eigenvalue weighted by Gasteiger charge is -2.17. The number of pyridine rings is 1. The summed E-state index contributed by atoms with van der Waals surface area (Å²) in [5, 5.41) is 2.37. The van der Waals surface area contributed by atoms with Gasteiger partial charge in [-0.25, -0.2) is 9.78 Å². The lowest BCUT2D eigenvalue weighted by molar-refractivity contribution is 0.0493. The second kappa shape index (κ2) is 9.59. The molecule has 0 saturated carbocycles. The highest BCUT2D eigenvalue weighted by atomic mass is 35.5. The molecule has 0 bridgehead atoms. The number of nitrogens with zero attached hydrogens (tertiary/aromatic N) is 1. The number of carbonyl (C=O) groups is 1. The summed E-state index contributed by atoms with van der Waals surface area (Å²) in [7, 11) is 1.59. The maximum absolute atomic E-state index is 12.7. The monoisotopic (exact) mass is 452 g/mol. The highest BCUT2D eigenvalue weighted by Gasteiger charge is 2.22. The van der Waals surface area contributed by atoms with Crippen molar-refractivity contribution >= 4 is 39.4 Å². The summed E-state index contributed by atoms with van der Waals surface area (Å²) in [6, 6.07) is 13.4. The summed E-state index contributed by atoms with van der Waals surface area (Å²) in [4.78, 5) is 20.4. The highest BCUT2D eigenvalue weighted by molar-refractivity contribution is 6.30. The van der Waals surface area contributed by atoms with Crippen molar-refractivity contribution in [2.24, 2.45) is 0 Å². The minimum Gasteiger partial charge on any atom is -0.485 e. The Kier molecular flexibility index (Phi) is 6.63. The fraction of sp³-hybridized carbons (Fsp3) is 0.280. The average molecular weight is 453 g/mol. The Bertz CT molecular complexity index is 1270. The van der Waals surface area contributed by atoms with Gasteiger partial charge in [-0.3, -0.25) is 0 Å². The van der Waals surface area contributed by atoms with Crippen LogP contribution in [0.5, 0.6) is 5.75 Å². The van der Waals surface area contributed by atoms with Crippen molar-refractivity contribution in [3.63, 3.8) is 0 Å². The van der Waals surface area contributed by atoms with E-state index in [9.17, 15) is 4.79 Å². The number of fused-ring (bicyclic) bond motifs is 3. The first-order chi connectivity index (χ1) is 15.5. The number of aromatic amines is 1. The zero-order valence-corrected chi connectivity index (χ0v) is 19.0. The average Bonchev–Trinajstić information content (AvgIpc) is 3.18. The number of nitrogens with one attached hydrogen (secondary N) is 1. The Morgan fingerprint density at radius 2 is 1.97 bits per heavy atom. The van der Waals surface area contributed by atoms with E-state index in [0.717, 1.165) is 33.8 Å². The van der Waals surface area contributed by atoms with E-state index in [4.69, 9.17) is 25.8 Å². The molecule has 0 fully saturated rings. The molecule has 4 aromatic rings. The highest BCUT2D eigenvalue weighted by Crippen LogP contribution is 2.38. The van der Waals surface area contributed by atoms with Gasteiger partial charge in [0.1, 0.15) is 11.9 Å². The second-order valence-corrected chi connectivity index (χ2v) is 8.00. The quantitative estimate of drug-likeness (QED) is 0.321. The first-order valence-electron chi connectivity index (χ1n) is 10.5. The summed E-state index contributed by atoms with van der Waals surface area (Å²) >= 11 is 6.16. The van der Waals surface area contributed by atoms with E-state index in [0.29, 0.717) is 22.9 Å². The van der Waals surface area contributed by atoms with Gasteiger partial charge >= 0.3 is 5.97 Å². The van der Waals surface area contributed by atoms with Crippen molar-refractivity contribution in [2.75, 3.05) is 13.7 Å². The summed E-state index contributed by atoms with van der Waals surface area (Å²) in [5.41, 5.74) is 3.58. The van der Waals surface area contributed by atoms with Gasteiger partial charge in [-0.15, -0.1) is 0 Å². The van der Waals surface area contributed by atoms with Gasteiger partial charge < -0.3 is 19.2 Å². The van der Waals surface area contributed by atoms with E-state index < -0.39 is 5.97 Å². The molecule has 0 aliphatic rings. The fourth-order valence-corrected chi connectivity index (χ4v) is 4.01. The van der Waals surface area contributed by atoms with Crippen molar-refractivity contribution < 1.29 is 19.0 Å². The van der Waals surface area contributed by atoms with Crippen LogP contribution in [0.4, 0.5) is 0 Å².